The molecule has 0 saturated heterocycles. The van der Waals surface area contributed by atoms with Crippen molar-refractivity contribution in [2.45, 2.75) is 19.9 Å². The highest BCUT2D eigenvalue weighted by Gasteiger charge is 2.03. The summed E-state index contributed by atoms with van der Waals surface area (Å²) in [5.74, 6) is 0.897. The maximum absolute atomic E-state index is 13.0. The Morgan fingerprint density at radius 3 is 2.96 bits per heavy atom. The molecule has 0 amide bonds. The van der Waals surface area contributed by atoms with Gasteiger partial charge in [-0.15, -0.1) is 11.3 Å². The molecule has 0 bridgehead atoms. The number of guanidine groups is 1. The summed E-state index contributed by atoms with van der Waals surface area (Å²) in [6.45, 7) is 3.73. The van der Waals surface area contributed by atoms with Crippen molar-refractivity contribution >= 4 is 17.3 Å². The van der Waals surface area contributed by atoms with Crippen LogP contribution in [0.5, 0.6) is 5.75 Å². The van der Waals surface area contributed by atoms with Crippen LogP contribution in [0.2, 0.25) is 0 Å². The van der Waals surface area contributed by atoms with E-state index in [1.165, 1.54) is 17.0 Å². The molecule has 1 aromatic heterocycles. The van der Waals surface area contributed by atoms with Crippen molar-refractivity contribution in [2.75, 3.05) is 20.2 Å². The molecular weight excluding hydrogens is 315 g/mol. The Bertz CT molecular complexity index is 645. The SMILES string of the molecule is CCc1cnc(CNC(=NC)NCCOc2cccc(F)c2)s1. The van der Waals surface area contributed by atoms with Crippen molar-refractivity contribution in [1.82, 2.24) is 15.6 Å². The summed E-state index contributed by atoms with van der Waals surface area (Å²) in [7, 11) is 1.71. The minimum Gasteiger partial charge on any atom is -0.492 e. The molecule has 2 N–H and O–H groups in total. The number of ether oxygens (including phenoxy) is 1. The Kier molecular flexibility index (Phi) is 6.80. The van der Waals surface area contributed by atoms with E-state index in [1.807, 2.05) is 6.20 Å². The molecule has 0 aliphatic rings. The number of halogens is 1. The van der Waals surface area contributed by atoms with E-state index in [1.54, 1.807) is 30.5 Å². The quantitative estimate of drug-likeness (QED) is 0.463. The number of hydrogen-bond donors (Lipinski definition) is 2. The van der Waals surface area contributed by atoms with Crippen LogP contribution < -0.4 is 15.4 Å². The fourth-order valence-electron chi connectivity index (χ4n) is 1.87. The maximum Gasteiger partial charge on any atom is 0.191 e. The minimum absolute atomic E-state index is 0.303. The van der Waals surface area contributed by atoms with E-state index in [0.29, 0.717) is 31.4 Å². The summed E-state index contributed by atoms with van der Waals surface area (Å²) in [6, 6.07) is 6.10. The van der Waals surface area contributed by atoms with Crippen LogP contribution in [0.4, 0.5) is 4.39 Å². The Morgan fingerprint density at radius 2 is 2.26 bits per heavy atom. The second-order valence-corrected chi connectivity index (χ2v) is 5.93. The molecular formula is C16H21FN4OS. The third-order valence-corrected chi connectivity index (χ3v) is 4.18. The van der Waals surface area contributed by atoms with Crippen molar-refractivity contribution < 1.29 is 9.13 Å². The van der Waals surface area contributed by atoms with Gasteiger partial charge in [-0.3, -0.25) is 4.99 Å². The molecule has 5 nitrogen and oxygen atoms in total. The van der Waals surface area contributed by atoms with Gasteiger partial charge in [0.15, 0.2) is 5.96 Å². The number of hydrogen-bond acceptors (Lipinski definition) is 4. The molecule has 23 heavy (non-hydrogen) atoms. The first kappa shape index (κ1) is 17.2. The molecule has 1 heterocycles. The van der Waals surface area contributed by atoms with E-state index >= 15 is 0 Å². The molecule has 7 heteroatoms. The van der Waals surface area contributed by atoms with Gasteiger partial charge in [0.2, 0.25) is 0 Å². The third-order valence-electron chi connectivity index (χ3n) is 3.04. The molecule has 0 spiro atoms. The van der Waals surface area contributed by atoms with Crippen molar-refractivity contribution in [3.63, 3.8) is 0 Å². The number of aromatic nitrogens is 1. The first-order valence-electron chi connectivity index (χ1n) is 7.47. The Balaban J connectivity index is 1.68. The smallest absolute Gasteiger partial charge is 0.191 e. The minimum atomic E-state index is -0.303. The molecule has 0 saturated carbocycles. The number of nitrogens with one attached hydrogen (secondary N) is 2. The van der Waals surface area contributed by atoms with E-state index in [-0.39, 0.29) is 5.82 Å². The molecule has 0 unspecified atom stereocenters. The van der Waals surface area contributed by atoms with Gasteiger partial charge in [0.05, 0.1) is 13.1 Å². The Labute approximate surface area is 139 Å². The van der Waals surface area contributed by atoms with Crippen LogP contribution in [0.1, 0.15) is 16.8 Å². The highest BCUT2D eigenvalue weighted by Crippen LogP contribution is 2.13. The summed E-state index contributed by atoms with van der Waals surface area (Å²) in [5.41, 5.74) is 0. The van der Waals surface area contributed by atoms with Crippen molar-refractivity contribution in [1.29, 1.82) is 0 Å². The lowest BCUT2D eigenvalue weighted by Crippen LogP contribution is -2.38. The molecule has 2 aromatic rings. The predicted molar refractivity (Wildman–Crippen MR) is 91.6 cm³/mol. The van der Waals surface area contributed by atoms with E-state index < -0.39 is 0 Å². The van der Waals surface area contributed by atoms with Crippen LogP contribution in [-0.2, 0) is 13.0 Å². The van der Waals surface area contributed by atoms with Gasteiger partial charge < -0.3 is 15.4 Å². The molecule has 124 valence electrons. The van der Waals surface area contributed by atoms with Gasteiger partial charge in [-0.05, 0) is 18.6 Å². The summed E-state index contributed by atoms with van der Waals surface area (Å²) in [4.78, 5) is 9.77. The first-order valence-corrected chi connectivity index (χ1v) is 8.29. The standard InChI is InChI=1S/C16H21FN4OS/c1-3-14-10-20-15(23-14)11-21-16(18-2)19-7-8-22-13-6-4-5-12(17)9-13/h4-6,9-10H,3,7-8,11H2,1-2H3,(H2,18,19,21). The van der Waals surface area contributed by atoms with E-state index in [0.717, 1.165) is 11.4 Å². The summed E-state index contributed by atoms with van der Waals surface area (Å²) < 4.78 is 18.5. The zero-order valence-electron chi connectivity index (χ0n) is 13.3. The van der Waals surface area contributed by atoms with Crippen molar-refractivity contribution in [3.05, 3.63) is 46.2 Å². The van der Waals surface area contributed by atoms with Gasteiger partial charge in [0, 0.05) is 24.2 Å². The second-order valence-electron chi connectivity index (χ2n) is 4.73. The van der Waals surface area contributed by atoms with Crippen LogP contribution >= 0.6 is 11.3 Å². The predicted octanol–water partition coefficient (Wildman–Crippen LogP) is 2.59. The first-order chi connectivity index (χ1) is 11.2. The van der Waals surface area contributed by atoms with Crippen LogP contribution in [0.25, 0.3) is 0 Å². The van der Waals surface area contributed by atoms with Crippen LogP contribution in [-0.4, -0.2) is 31.1 Å². The number of benzene rings is 1. The Morgan fingerprint density at radius 1 is 1.39 bits per heavy atom. The lowest BCUT2D eigenvalue weighted by atomic mass is 10.3. The summed E-state index contributed by atoms with van der Waals surface area (Å²) in [6.07, 6.45) is 2.91. The molecule has 0 aliphatic carbocycles. The lowest BCUT2D eigenvalue weighted by Gasteiger charge is -2.11. The number of aliphatic imine (C=N–C) groups is 1. The van der Waals surface area contributed by atoms with Gasteiger partial charge >= 0.3 is 0 Å². The van der Waals surface area contributed by atoms with E-state index in [9.17, 15) is 4.39 Å². The second kappa shape index (κ2) is 9.09. The molecule has 0 aliphatic heterocycles. The fraction of sp³-hybridized carbons (Fsp3) is 0.375. The number of nitrogens with zero attached hydrogens (tertiary/aromatic N) is 2. The molecule has 0 radical (unpaired) electrons. The highest BCUT2D eigenvalue weighted by atomic mass is 32.1. The van der Waals surface area contributed by atoms with Crippen LogP contribution in [0, 0.1) is 5.82 Å². The topological polar surface area (TPSA) is 58.5 Å². The number of thiazole rings is 1. The van der Waals surface area contributed by atoms with E-state index in [2.05, 4.69) is 27.5 Å². The summed E-state index contributed by atoms with van der Waals surface area (Å²) >= 11 is 1.70. The average molecular weight is 336 g/mol. The highest BCUT2D eigenvalue weighted by molar-refractivity contribution is 7.11. The van der Waals surface area contributed by atoms with E-state index in [4.69, 9.17) is 4.74 Å². The van der Waals surface area contributed by atoms with Crippen molar-refractivity contribution in [2.24, 2.45) is 4.99 Å². The molecule has 0 fully saturated rings. The van der Waals surface area contributed by atoms with Gasteiger partial charge in [-0.2, -0.15) is 0 Å². The zero-order chi connectivity index (χ0) is 16.5. The average Bonchev–Trinajstić information content (AvgIpc) is 3.02. The normalized spacial score (nSPS) is 11.3. The molecule has 1 aromatic carbocycles. The lowest BCUT2D eigenvalue weighted by molar-refractivity contribution is 0.320. The number of rotatable bonds is 7. The van der Waals surface area contributed by atoms with Gasteiger partial charge in [0.1, 0.15) is 23.2 Å². The van der Waals surface area contributed by atoms with Crippen LogP contribution in [0.15, 0.2) is 35.5 Å². The maximum atomic E-state index is 13.0. The monoisotopic (exact) mass is 336 g/mol. The van der Waals surface area contributed by atoms with Crippen LogP contribution in [0.3, 0.4) is 0 Å². The number of aryl methyl sites for hydroxylation is 1. The zero-order valence-corrected chi connectivity index (χ0v) is 14.1. The molecule has 0 atom stereocenters. The van der Waals surface area contributed by atoms with Gasteiger partial charge in [-0.1, -0.05) is 13.0 Å². The third kappa shape index (κ3) is 5.86. The Hall–Kier alpha value is -2.15. The van der Waals surface area contributed by atoms with Gasteiger partial charge in [0.25, 0.3) is 0 Å². The largest absolute Gasteiger partial charge is 0.492 e. The summed E-state index contributed by atoms with van der Waals surface area (Å²) in [5, 5.41) is 7.37. The van der Waals surface area contributed by atoms with Gasteiger partial charge in [-0.25, -0.2) is 9.37 Å². The van der Waals surface area contributed by atoms with Crippen molar-refractivity contribution in [3.8, 4) is 5.75 Å². The molecule has 2 rings (SSSR count). The fourth-order valence-corrected chi connectivity index (χ4v) is 2.67.